The predicted molar refractivity (Wildman–Crippen MR) is 67.0 cm³/mol. The highest BCUT2D eigenvalue weighted by Crippen LogP contribution is 2.41. The molecule has 2 aliphatic rings. The van der Waals surface area contributed by atoms with Crippen molar-refractivity contribution in [3.8, 4) is 0 Å². The maximum atomic E-state index is 4.59. The summed E-state index contributed by atoms with van der Waals surface area (Å²) >= 11 is 1.78. The summed E-state index contributed by atoms with van der Waals surface area (Å²) in [4.78, 5) is 4.59. The highest BCUT2D eigenvalue weighted by molar-refractivity contribution is 8.13. The number of benzene rings is 1. The van der Waals surface area contributed by atoms with Gasteiger partial charge in [-0.15, -0.1) is 11.8 Å². The summed E-state index contributed by atoms with van der Waals surface area (Å²) in [6.45, 7) is 0.980. The van der Waals surface area contributed by atoms with Crippen molar-refractivity contribution in [1.29, 1.82) is 0 Å². The van der Waals surface area contributed by atoms with Crippen LogP contribution >= 0.6 is 11.8 Å². The second-order valence-electron chi connectivity index (χ2n) is 4.03. The average molecular weight is 218 g/mol. The number of fused-ring (bicyclic) bond motifs is 3. The van der Waals surface area contributed by atoms with Crippen LogP contribution in [0.25, 0.3) is 0 Å². The minimum absolute atomic E-state index is 0.436. The largest absolute Gasteiger partial charge is 0.375 e. The van der Waals surface area contributed by atoms with Crippen molar-refractivity contribution < 1.29 is 0 Å². The zero-order valence-electron chi connectivity index (χ0n) is 8.73. The molecule has 15 heavy (non-hydrogen) atoms. The molecule has 3 rings (SSSR count). The smallest absolute Gasteiger partial charge is 0.0902 e. The van der Waals surface area contributed by atoms with Crippen LogP contribution in [-0.2, 0) is 0 Å². The molecule has 3 heteroatoms. The SMILES string of the molecule is CSC1=NCCC2c3ccccc3NC12. The molecule has 0 saturated carbocycles. The molecule has 0 fully saturated rings. The van der Waals surface area contributed by atoms with Gasteiger partial charge in [0.2, 0.25) is 0 Å². The Kier molecular flexibility index (Phi) is 2.20. The summed E-state index contributed by atoms with van der Waals surface area (Å²) in [6, 6.07) is 9.08. The lowest BCUT2D eigenvalue weighted by Crippen LogP contribution is -2.32. The third-order valence-electron chi connectivity index (χ3n) is 3.26. The summed E-state index contributed by atoms with van der Waals surface area (Å²) in [7, 11) is 0. The fourth-order valence-corrected chi connectivity index (χ4v) is 3.26. The van der Waals surface area contributed by atoms with Crippen LogP contribution in [0.15, 0.2) is 29.3 Å². The lowest BCUT2D eigenvalue weighted by molar-refractivity contribution is 0.620. The van der Waals surface area contributed by atoms with E-state index in [9.17, 15) is 0 Å². The van der Waals surface area contributed by atoms with Crippen LogP contribution in [0.5, 0.6) is 0 Å². The van der Waals surface area contributed by atoms with E-state index >= 15 is 0 Å². The Labute approximate surface area is 94.2 Å². The van der Waals surface area contributed by atoms with Gasteiger partial charge in [0.1, 0.15) is 0 Å². The zero-order chi connectivity index (χ0) is 10.3. The average Bonchev–Trinajstić information content (AvgIpc) is 2.67. The fraction of sp³-hybridized carbons (Fsp3) is 0.417. The molecule has 1 aromatic rings. The number of nitrogens with zero attached hydrogens (tertiary/aromatic N) is 1. The molecular formula is C12H14N2S. The Hall–Kier alpha value is -0.960. The number of rotatable bonds is 0. The normalized spacial score (nSPS) is 27.7. The van der Waals surface area contributed by atoms with Gasteiger partial charge < -0.3 is 5.32 Å². The van der Waals surface area contributed by atoms with E-state index in [-0.39, 0.29) is 0 Å². The number of thioether (sulfide) groups is 1. The van der Waals surface area contributed by atoms with E-state index in [2.05, 4.69) is 40.8 Å². The van der Waals surface area contributed by atoms with Crippen molar-refractivity contribution in [2.45, 2.75) is 18.4 Å². The topological polar surface area (TPSA) is 24.4 Å². The van der Waals surface area contributed by atoms with E-state index in [1.54, 1.807) is 11.8 Å². The first-order valence-electron chi connectivity index (χ1n) is 5.34. The van der Waals surface area contributed by atoms with Gasteiger partial charge in [-0.25, -0.2) is 0 Å². The molecule has 0 spiro atoms. The third-order valence-corrected chi connectivity index (χ3v) is 4.06. The van der Waals surface area contributed by atoms with Gasteiger partial charge in [0.15, 0.2) is 0 Å². The molecule has 0 aromatic heterocycles. The van der Waals surface area contributed by atoms with E-state index in [1.165, 1.54) is 22.7 Å². The van der Waals surface area contributed by atoms with E-state index < -0.39 is 0 Å². The van der Waals surface area contributed by atoms with Crippen LogP contribution in [-0.4, -0.2) is 23.9 Å². The molecular weight excluding hydrogens is 204 g/mol. The first-order valence-corrected chi connectivity index (χ1v) is 6.56. The molecule has 0 amide bonds. The molecule has 2 unspecified atom stereocenters. The van der Waals surface area contributed by atoms with Gasteiger partial charge in [-0.3, -0.25) is 4.99 Å². The lowest BCUT2D eigenvalue weighted by Gasteiger charge is -2.25. The first-order chi connectivity index (χ1) is 7.40. The highest BCUT2D eigenvalue weighted by Gasteiger charge is 2.36. The molecule has 2 atom stereocenters. The van der Waals surface area contributed by atoms with Gasteiger partial charge in [0.05, 0.1) is 11.1 Å². The summed E-state index contributed by atoms with van der Waals surface area (Å²) < 4.78 is 0. The predicted octanol–water partition coefficient (Wildman–Crippen LogP) is 2.73. The maximum Gasteiger partial charge on any atom is 0.0902 e. The standard InChI is InChI=1S/C12H14N2S/c1-15-12-11-9(6-7-13-12)8-4-2-3-5-10(8)14-11/h2-5,9,11,14H,6-7H2,1H3. The Morgan fingerprint density at radius 1 is 1.40 bits per heavy atom. The molecule has 0 saturated heterocycles. The van der Waals surface area contributed by atoms with E-state index in [0.29, 0.717) is 12.0 Å². The van der Waals surface area contributed by atoms with Crippen LogP contribution in [0, 0.1) is 0 Å². The summed E-state index contributed by atoms with van der Waals surface area (Å²) in [5.41, 5.74) is 2.78. The molecule has 0 bridgehead atoms. The summed E-state index contributed by atoms with van der Waals surface area (Å²) in [5, 5.41) is 4.85. The van der Waals surface area contributed by atoms with Crippen LogP contribution < -0.4 is 5.32 Å². The maximum absolute atomic E-state index is 4.59. The van der Waals surface area contributed by atoms with Gasteiger partial charge >= 0.3 is 0 Å². The minimum Gasteiger partial charge on any atom is -0.375 e. The minimum atomic E-state index is 0.436. The van der Waals surface area contributed by atoms with Crippen LogP contribution in [0.3, 0.4) is 0 Å². The number of hydrogen-bond acceptors (Lipinski definition) is 3. The van der Waals surface area contributed by atoms with Crippen LogP contribution in [0.4, 0.5) is 5.69 Å². The van der Waals surface area contributed by atoms with Gasteiger partial charge in [-0.1, -0.05) is 18.2 Å². The molecule has 1 N–H and O–H groups in total. The van der Waals surface area contributed by atoms with Crippen LogP contribution in [0.2, 0.25) is 0 Å². The fourth-order valence-electron chi connectivity index (χ4n) is 2.56. The number of hydrogen-bond donors (Lipinski definition) is 1. The second kappa shape index (κ2) is 3.56. The monoisotopic (exact) mass is 218 g/mol. The lowest BCUT2D eigenvalue weighted by atomic mass is 9.91. The van der Waals surface area contributed by atoms with Gasteiger partial charge in [0.25, 0.3) is 0 Å². The number of para-hydroxylation sites is 1. The molecule has 1 aromatic carbocycles. The van der Waals surface area contributed by atoms with E-state index in [4.69, 9.17) is 0 Å². The molecule has 0 aliphatic carbocycles. The quantitative estimate of drug-likeness (QED) is 0.724. The van der Waals surface area contributed by atoms with Crippen molar-refractivity contribution in [2.24, 2.45) is 4.99 Å². The number of aliphatic imine (C=N–C) groups is 1. The van der Waals surface area contributed by atoms with Gasteiger partial charge in [-0.05, 0) is 24.3 Å². The Morgan fingerprint density at radius 3 is 3.13 bits per heavy atom. The van der Waals surface area contributed by atoms with E-state index in [1.807, 2.05) is 0 Å². The number of nitrogens with one attached hydrogen (secondary N) is 1. The summed E-state index contributed by atoms with van der Waals surface area (Å²) in [6.07, 6.45) is 3.30. The van der Waals surface area contributed by atoms with Crippen molar-refractivity contribution in [1.82, 2.24) is 0 Å². The molecule has 2 aliphatic heterocycles. The molecule has 78 valence electrons. The van der Waals surface area contributed by atoms with Gasteiger partial charge in [-0.2, -0.15) is 0 Å². The third kappa shape index (κ3) is 1.37. The molecule has 2 nitrogen and oxygen atoms in total. The molecule has 0 radical (unpaired) electrons. The van der Waals surface area contributed by atoms with Crippen molar-refractivity contribution in [3.05, 3.63) is 29.8 Å². The Bertz CT molecular complexity index is 414. The van der Waals surface area contributed by atoms with Gasteiger partial charge in [0, 0.05) is 18.2 Å². The summed E-state index contributed by atoms with van der Waals surface area (Å²) in [5.74, 6) is 0.640. The molecule has 2 heterocycles. The van der Waals surface area contributed by atoms with Crippen molar-refractivity contribution in [3.63, 3.8) is 0 Å². The first kappa shape index (κ1) is 9.28. The zero-order valence-corrected chi connectivity index (χ0v) is 9.55. The van der Waals surface area contributed by atoms with Crippen molar-refractivity contribution >= 4 is 22.5 Å². The van der Waals surface area contributed by atoms with E-state index in [0.717, 1.165) is 6.54 Å². The number of anilines is 1. The Morgan fingerprint density at radius 2 is 2.27 bits per heavy atom. The van der Waals surface area contributed by atoms with Crippen LogP contribution in [0.1, 0.15) is 17.9 Å². The second-order valence-corrected chi connectivity index (χ2v) is 4.86. The highest BCUT2D eigenvalue weighted by atomic mass is 32.2. The Balaban J connectivity index is 2.01. The van der Waals surface area contributed by atoms with Crippen molar-refractivity contribution in [2.75, 3.05) is 18.1 Å².